The van der Waals surface area contributed by atoms with Gasteiger partial charge in [-0.1, -0.05) is 30.3 Å². The number of ether oxygens (including phenoxy) is 2. The predicted molar refractivity (Wildman–Crippen MR) is 89.9 cm³/mol. The number of aliphatic hydroxyl groups excluding tert-OH is 1. The van der Waals surface area contributed by atoms with E-state index in [0.717, 1.165) is 36.6 Å². The van der Waals surface area contributed by atoms with E-state index in [1.807, 2.05) is 24.3 Å². The SMILES string of the molecule is COc1ccc(CN2CCc3ccccc3C2CO)c(OC)c1. The van der Waals surface area contributed by atoms with Crippen LogP contribution in [0.4, 0.5) is 0 Å². The van der Waals surface area contributed by atoms with Crippen LogP contribution in [0.1, 0.15) is 22.7 Å². The van der Waals surface area contributed by atoms with Crippen molar-refractivity contribution in [1.29, 1.82) is 0 Å². The van der Waals surface area contributed by atoms with Gasteiger partial charge in [-0.05, 0) is 23.6 Å². The van der Waals surface area contributed by atoms with Crippen molar-refractivity contribution >= 4 is 0 Å². The van der Waals surface area contributed by atoms with Gasteiger partial charge in [0.05, 0.1) is 26.9 Å². The highest BCUT2D eigenvalue weighted by molar-refractivity contribution is 5.41. The number of rotatable bonds is 5. The zero-order valence-electron chi connectivity index (χ0n) is 13.7. The number of fused-ring (bicyclic) bond motifs is 1. The van der Waals surface area contributed by atoms with Gasteiger partial charge in [-0.15, -0.1) is 0 Å². The van der Waals surface area contributed by atoms with Gasteiger partial charge in [0.15, 0.2) is 0 Å². The minimum Gasteiger partial charge on any atom is -0.497 e. The number of nitrogens with zero attached hydrogens (tertiary/aromatic N) is 1. The van der Waals surface area contributed by atoms with E-state index in [-0.39, 0.29) is 12.6 Å². The number of methoxy groups -OCH3 is 2. The van der Waals surface area contributed by atoms with Gasteiger partial charge in [-0.3, -0.25) is 4.90 Å². The summed E-state index contributed by atoms with van der Waals surface area (Å²) in [4.78, 5) is 2.31. The molecular formula is C19H23NO3. The van der Waals surface area contributed by atoms with E-state index in [4.69, 9.17) is 9.47 Å². The lowest BCUT2D eigenvalue weighted by Gasteiger charge is -2.36. The zero-order valence-corrected chi connectivity index (χ0v) is 13.7. The lowest BCUT2D eigenvalue weighted by molar-refractivity contribution is 0.107. The molecule has 23 heavy (non-hydrogen) atoms. The van der Waals surface area contributed by atoms with E-state index >= 15 is 0 Å². The maximum absolute atomic E-state index is 9.90. The second-order valence-corrected chi connectivity index (χ2v) is 5.80. The minimum absolute atomic E-state index is 0.0340. The van der Waals surface area contributed by atoms with Crippen LogP contribution in [0.25, 0.3) is 0 Å². The van der Waals surface area contributed by atoms with Crippen molar-refractivity contribution < 1.29 is 14.6 Å². The highest BCUT2D eigenvalue weighted by atomic mass is 16.5. The second kappa shape index (κ2) is 7.02. The maximum atomic E-state index is 9.90. The summed E-state index contributed by atoms with van der Waals surface area (Å²) in [6.45, 7) is 1.79. The number of hydrogen-bond donors (Lipinski definition) is 1. The van der Waals surface area contributed by atoms with Crippen molar-refractivity contribution in [3.63, 3.8) is 0 Å². The average molecular weight is 313 g/mol. The number of hydrogen-bond acceptors (Lipinski definition) is 4. The summed E-state index contributed by atoms with van der Waals surface area (Å²) >= 11 is 0. The number of aliphatic hydroxyl groups is 1. The molecule has 0 fully saturated rings. The predicted octanol–water partition coefficient (Wildman–Crippen LogP) is 2.80. The molecule has 0 aromatic heterocycles. The first-order chi connectivity index (χ1) is 11.3. The molecule has 2 aromatic carbocycles. The third-order valence-electron chi connectivity index (χ3n) is 4.56. The van der Waals surface area contributed by atoms with Crippen molar-refractivity contribution in [2.45, 2.75) is 19.0 Å². The Bertz CT molecular complexity index is 671. The first-order valence-corrected chi connectivity index (χ1v) is 7.90. The van der Waals surface area contributed by atoms with E-state index in [2.05, 4.69) is 23.1 Å². The Morgan fingerprint density at radius 3 is 2.70 bits per heavy atom. The van der Waals surface area contributed by atoms with Gasteiger partial charge < -0.3 is 14.6 Å². The molecule has 4 heteroatoms. The van der Waals surface area contributed by atoms with Crippen molar-refractivity contribution in [3.05, 3.63) is 59.2 Å². The molecule has 0 aliphatic carbocycles. The fraction of sp³-hybridized carbons (Fsp3) is 0.368. The molecule has 2 aromatic rings. The highest BCUT2D eigenvalue weighted by Gasteiger charge is 2.27. The summed E-state index contributed by atoms with van der Waals surface area (Å²) in [5.41, 5.74) is 3.67. The Labute approximate surface area is 137 Å². The summed E-state index contributed by atoms with van der Waals surface area (Å²) in [5.74, 6) is 1.60. The molecule has 0 saturated heterocycles. The summed E-state index contributed by atoms with van der Waals surface area (Å²) in [6, 6.07) is 14.3. The van der Waals surface area contributed by atoms with Crippen molar-refractivity contribution in [1.82, 2.24) is 4.90 Å². The molecule has 1 aliphatic heterocycles. The van der Waals surface area contributed by atoms with Crippen LogP contribution in [0, 0.1) is 0 Å². The average Bonchev–Trinajstić information content (AvgIpc) is 2.61. The van der Waals surface area contributed by atoms with Gasteiger partial charge in [-0.2, -0.15) is 0 Å². The Morgan fingerprint density at radius 2 is 1.96 bits per heavy atom. The molecule has 0 spiro atoms. The van der Waals surface area contributed by atoms with E-state index in [9.17, 15) is 5.11 Å². The molecule has 1 atom stereocenters. The second-order valence-electron chi connectivity index (χ2n) is 5.80. The Hall–Kier alpha value is -2.04. The van der Waals surface area contributed by atoms with Crippen molar-refractivity contribution in [2.24, 2.45) is 0 Å². The van der Waals surface area contributed by atoms with Crippen LogP contribution in [0.3, 0.4) is 0 Å². The summed E-state index contributed by atoms with van der Waals surface area (Å²) in [7, 11) is 3.32. The molecule has 1 heterocycles. The van der Waals surface area contributed by atoms with Gasteiger partial charge in [0.25, 0.3) is 0 Å². The topological polar surface area (TPSA) is 41.9 Å². The molecule has 0 radical (unpaired) electrons. The van der Waals surface area contributed by atoms with Crippen LogP contribution in [-0.2, 0) is 13.0 Å². The molecule has 0 bridgehead atoms. The van der Waals surface area contributed by atoms with Gasteiger partial charge >= 0.3 is 0 Å². The monoisotopic (exact) mass is 313 g/mol. The van der Waals surface area contributed by atoms with E-state index in [0.29, 0.717) is 0 Å². The third kappa shape index (κ3) is 3.19. The Morgan fingerprint density at radius 1 is 1.13 bits per heavy atom. The zero-order chi connectivity index (χ0) is 16.2. The number of benzene rings is 2. The summed E-state index contributed by atoms with van der Waals surface area (Å²) < 4.78 is 10.8. The molecule has 0 saturated carbocycles. The fourth-order valence-corrected chi connectivity index (χ4v) is 3.31. The highest BCUT2D eigenvalue weighted by Crippen LogP contribution is 2.33. The standard InChI is InChI=1S/C19H23NO3/c1-22-16-8-7-15(19(11-16)23-2)12-20-10-9-14-5-3-4-6-17(14)18(20)13-21/h3-8,11,18,21H,9-10,12-13H2,1-2H3. The van der Waals surface area contributed by atoms with E-state index < -0.39 is 0 Å². The Kier molecular flexibility index (Phi) is 4.84. The van der Waals surface area contributed by atoms with Crippen molar-refractivity contribution in [2.75, 3.05) is 27.4 Å². The normalized spacial score (nSPS) is 17.6. The van der Waals surface area contributed by atoms with Crippen LogP contribution in [0.15, 0.2) is 42.5 Å². The van der Waals surface area contributed by atoms with Crippen LogP contribution < -0.4 is 9.47 Å². The summed E-state index contributed by atoms with van der Waals surface area (Å²) in [5, 5.41) is 9.90. The van der Waals surface area contributed by atoms with Gasteiger partial charge in [-0.25, -0.2) is 0 Å². The Balaban J connectivity index is 1.86. The smallest absolute Gasteiger partial charge is 0.127 e. The van der Waals surface area contributed by atoms with Gasteiger partial charge in [0, 0.05) is 24.7 Å². The molecule has 1 N–H and O–H groups in total. The van der Waals surface area contributed by atoms with E-state index in [1.54, 1.807) is 14.2 Å². The molecule has 1 unspecified atom stereocenters. The lowest BCUT2D eigenvalue weighted by Crippen LogP contribution is -2.36. The maximum Gasteiger partial charge on any atom is 0.127 e. The molecule has 4 nitrogen and oxygen atoms in total. The van der Waals surface area contributed by atoms with Gasteiger partial charge in [0.2, 0.25) is 0 Å². The lowest BCUT2D eigenvalue weighted by atomic mass is 9.92. The third-order valence-corrected chi connectivity index (χ3v) is 4.56. The van der Waals surface area contributed by atoms with Crippen LogP contribution >= 0.6 is 0 Å². The minimum atomic E-state index is 0.0340. The van der Waals surface area contributed by atoms with Crippen LogP contribution in [0.2, 0.25) is 0 Å². The quantitative estimate of drug-likeness (QED) is 0.922. The molecule has 0 amide bonds. The van der Waals surface area contributed by atoms with E-state index in [1.165, 1.54) is 11.1 Å². The molecule has 1 aliphatic rings. The first-order valence-electron chi connectivity index (χ1n) is 7.90. The van der Waals surface area contributed by atoms with Crippen LogP contribution in [0.5, 0.6) is 11.5 Å². The first kappa shape index (κ1) is 15.8. The largest absolute Gasteiger partial charge is 0.497 e. The van der Waals surface area contributed by atoms with Gasteiger partial charge in [0.1, 0.15) is 11.5 Å². The molecular weight excluding hydrogens is 290 g/mol. The fourth-order valence-electron chi connectivity index (χ4n) is 3.31. The summed E-state index contributed by atoms with van der Waals surface area (Å²) in [6.07, 6.45) is 1.01. The molecule has 122 valence electrons. The van der Waals surface area contributed by atoms with Crippen LogP contribution in [-0.4, -0.2) is 37.4 Å². The molecule has 3 rings (SSSR count). The van der Waals surface area contributed by atoms with Crippen molar-refractivity contribution in [3.8, 4) is 11.5 Å².